The minimum atomic E-state index is -1.69. The molecule has 0 aromatic heterocycles. The van der Waals surface area contributed by atoms with Gasteiger partial charge in [-0.25, -0.2) is 0 Å². The van der Waals surface area contributed by atoms with Crippen molar-refractivity contribution in [2.75, 3.05) is 0 Å². The van der Waals surface area contributed by atoms with E-state index >= 15 is 0 Å². The normalized spacial score (nSPS) is 15.9. The van der Waals surface area contributed by atoms with Crippen LogP contribution < -0.4 is 0 Å². The summed E-state index contributed by atoms with van der Waals surface area (Å²) in [5.74, 6) is 0. The maximum absolute atomic E-state index is 10.1. The largest absolute Gasteiger partial charge is 0.411 e. The molecule has 0 fully saturated rings. The van der Waals surface area contributed by atoms with E-state index in [1.54, 1.807) is 6.08 Å². The van der Waals surface area contributed by atoms with Gasteiger partial charge in [0.05, 0.1) is 6.10 Å². The van der Waals surface area contributed by atoms with Crippen molar-refractivity contribution in [2.45, 2.75) is 51.9 Å². The second-order valence-electron chi connectivity index (χ2n) is 5.10. The molecule has 0 N–H and O–H groups in total. The van der Waals surface area contributed by atoms with Gasteiger partial charge in [0.15, 0.2) is 8.32 Å². The lowest BCUT2D eigenvalue weighted by Crippen LogP contribution is -2.42. The van der Waals surface area contributed by atoms with E-state index in [0.29, 0.717) is 0 Å². The standard InChI is InChI=1S/C11H22O2Si/c1-10(8-7-9-12)13-14(5,6)11(2,3)4/h7-10H,1-6H3/b8-7+/t10-/m0/s1. The molecule has 1 atom stereocenters. The average molecular weight is 214 g/mol. The van der Waals surface area contributed by atoms with Gasteiger partial charge in [0.1, 0.15) is 6.29 Å². The summed E-state index contributed by atoms with van der Waals surface area (Å²) in [6.45, 7) is 13.0. The van der Waals surface area contributed by atoms with E-state index < -0.39 is 8.32 Å². The first-order chi connectivity index (χ1) is 6.20. The first kappa shape index (κ1) is 13.6. The SMILES string of the molecule is C[C@@H](/C=C/C=O)O[Si](C)(C)C(C)(C)C. The van der Waals surface area contributed by atoms with Crippen LogP contribution in [0.3, 0.4) is 0 Å². The Bertz CT molecular complexity index is 214. The number of carbonyl (C=O) groups is 1. The van der Waals surface area contributed by atoms with Crippen LogP contribution in [-0.2, 0) is 9.22 Å². The van der Waals surface area contributed by atoms with E-state index in [1.807, 2.05) is 6.92 Å². The van der Waals surface area contributed by atoms with Gasteiger partial charge in [0, 0.05) is 0 Å². The van der Waals surface area contributed by atoms with E-state index in [4.69, 9.17) is 4.43 Å². The summed E-state index contributed by atoms with van der Waals surface area (Å²) in [4.78, 5) is 10.1. The maximum atomic E-state index is 10.1. The first-order valence-corrected chi connectivity index (χ1v) is 7.91. The fourth-order valence-electron chi connectivity index (χ4n) is 0.883. The summed E-state index contributed by atoms with van der Waals surface area (Å²) in [6.07, 6.45) is 4.11. The van der Waals surface area contributed by atoms with Crippen LogP contribution in [0, 0.1) is 0 Å². The lowest BCUT2D eigenvalue weighted by atomic mass is 10.2. The molecule has 0 unspecified atom stereocenters. The predicted molar refractivity (Wildman–Crippen MR) is 62.9 cm³/mol. The highest BCUT2D eigenvalue weighted by molar-refractivity contribution is 6.74. The molecule has 82 valence electrons. The molecule has 0 rings (SSSR count). The number of aldehydes is 1. The Balaban J connectivity index is 4.36. The zero-order valence-corrected chi connectivity index (χ0v) is 11.1. The number of carbonyl (C=O) groups excluding carboxylic acids is 1. The second kappa shape index (κ2) is 4.89. The molecule has 0 aliphatic rings. The van der Waals surface area contributed by atoms with Gasteiger partial charge < -0.3 is 4.43 Å². The van der Waals surface area contributed by atoms with Crippen molar-refractivity contribution in [1.82, 2.24) is 0 Å². The molecule has 0 aliphatic carbocycles. The monoisotopic (exact) mass is 214 g/mol. The number of allylic oxidation sites excluding steroid dienone is 1. The third-order valence-electron chi connectivity index (χ3n) is 2.75. The average Bonchev–Trinajstić information content (AvgIpc) is 1.97. The van der Waals surface area contributed by atoms with Crippen molar-refractivity contribution in [3.63, 3.8) is 0 Å². The molecule has 0 saturated carbocycles. The number of hydrogen-bond donors (Lipinski definition) is 0. The summed E-state index contributed by atoms with van der Waals surface area (Å²) in [5, 5.41) is 0.219. The Hall–Kier alpha value is -0.413. The van der Waals surface area contributed by atoms with Gasteiger partial charge in [-0.3, -0.25) is 4.79 Å². The van der Waals surface area contributed by atoms with Crippen LogP contribution >= 0.6 is 0 Å². The molecule has 0 amide bonds. The Morgan fingerprint density at radius 3 is 2.14 bits per heavy atom. The van der Waals surface area contributed by atoms with Crippen molar-refractivity contribution >= 4 is 14.6 Å². The van der Waals surface area contributed by atoms with Crippen molar-refractivity contribution < 1.29 is 9.22 Å². The third-order valence-corrected chi connectivity index (χ3v) is 7.32. The van der Waals surface area contributed by atoms with Crippen LogP contribution in [0.25, 0.3) is 0 Å². The summed E-state index contributed by atoms with van der Waals surface area (Å²) < 4.78 is 6.00. The van der Waals surface area contributed by atoms with E-state index in [9.17, 15) is 4.79 Å². The van der Waals surface area contributed by atoms with Gasteiger partial charge in [-0.05, 0) is 31.1 Å². The van der Waals surface area contributed by atoms with Crippen LogP contribution in [-0.4, -0.2) is 20.7 Å². The van der Waals surface area contributed by atoms with E-state index in [1.165, 1.54) is 6.08 Å². The molecule has 2 nitrogen and oxygen atoms in total. The van der Waals surface area contributed by atoms with Gasteiger partial charge in [0.25, 0.3) is 0 Å². The van der Waals surface area contributed by atoms with Crippen molar-refractivity contribution in [3.05, 3.63) is 12.2 Å². The van der Waals surface area contributed by atoms with Crippen LogP contribution in [0.4, 0.5) is 0 Å². The third kappa shape index (κ3) is 4.20. The Labute approximate surface area is 88.5 Å². The van der Waals surface area contributed by atoms with Gasteiger partial charge in [0.2, 0.25) is 0 Å². The summed E-state index contributed by atoms with van der Waals surface area (Å²) in [6, 6.07) is 0. The zero-order chi connectivity index (χ0) is 11.4. The van der Waals surface area contributed by atoms with Gasteiger partial charge in [-0.15, -0.1) is 0 Å². The molecule has 3 heteroatoms. The highest BCUT2D eigenvalue weighted by Gasteiger charge is 2.37. The summed E-state index contributed by atoms with van der Waals surface area (Å²) >= 11 is 0. The van der Waals surface area contributed by atoms with Crippen molar-refractivity contribution in [1.29, 1.82) is 0 Å². The molecule has 14 heavy (non-hydrogen) atoms. The summed E-state index contributed by atoms with van der Waals surface area (Å²) in [7, 11) is -1.69. The van der Waals surface area contributed by atoms with Gasteiger partial charge >= 0.3 is 0 Å². The molecule has 0 spiro atoms. The highest BCUT2D eigenvalue weighted by Crippen LogP contribution is 2.37. The zero-order valence-electron chi connectivity index (χ0n) is 10.1. The highest BCUT2D eigenvalue weighted by atomic mass is 28.4. The van der Waals surface area contributed by atoms with Gasteiger partial charge in [-0.1, -0.05) is 26.8 Å². The second-order valence-corrected chi connectivity index (χ2v) is 9.86. The predicted octanol–water partition coefficient (Wildman–Crippen LogP) is 3.15. The van der Waals surface area contributed by atoms with E-state index in [2.05, 4.69) is 33.9 Å². The molecule has 0 bridgehead atoms. The van der Waals surface area contributed by atoms with Crippen molar-refractivity contribution in [2.24, 2.45) is 0 Å². The van der Waals surface area contributed by atoms with E-state index in [0.717, 1.165) is 6.29 Å². The molecular weight excluding hydrogens is 192 g/mol. The van der Waals surface area contributed by atoms with Crippen LogP contribution in [0.2, 0.25) is 18.1 Å². The van der Waals surface area contributed by atoms with Crippen LogP contribution in [0.1, 0.15) is 27.7 Å². The fourth-order valence-corrected chi connectivity index (χ4v) is 2.24. The summed E-state index contributed by atoms with van der Waals surface area (Å²) in [5.41, 5.74) is 0. The van der Waals surface area contributed by atoms with E-state index in [-0.39, 0.29) is 11.1 Å². The van der Waals surface area contributed by atoms with Crippen LogP contribution in [0.15, 0.2) is 12.2 Å². The minimum Gasteiger partial charge on any atom is -0.411 e. The molecule has 0 aliphatic heterocycles. The first-order valence-electron chi connectivity index (χ1n) is 5.00. The van der Waals surface area contributed by atoms with Crippen LogP contribution in [0.5, 0.6) is 0 Å². The molecule has 0 aromatic rings. The number of rotatable bonds is 4. The fraction of sp³-hybridized carbons (Fsp3) is 0.727. The Morgan fingerprint density at radius 2 is 1.79 bits per heavy atom. The lowest BCUT2D eigenvalue weighted by Gasteiger charge is -2.37. The topological polar surface area (TPSA) is 26.3 Å². The molecular formula is C11H22O2Si. The Kier molecular flexibility index (Phi) is 4.75. The lowest BCUT2D eigenvalue weighted by molar-refractivity contribution is -0.104. The Morgan fingerprint density at radius 1 is 1.29 bits per heavy atom. The maximum Gasteiger partial charge on any atom is 0.192 e. The minimum absolute atomic E-state index is 0.0288. The van der Waals surface area contributed by atoms with Crippen molar-refractivity contribution in [3.8, 4) is 0 Å². The molecule has 0 aromatic carbocycles. The quantitative estimate of drug-likeness (QED) is 0.408. The van der Waals surface area contributed by atoms with Gasteiger partial charge in [-0.2, -0.15) is 0 Å². The molecule has 0 radical (unpaired) electrons. The molecule has 0 heterocycles. The number of hydrogen-bond acceptors (Lipinski definition) is 2. The smallest absolute Gasteiger partial charge is 0.192 e. The molecule has 0 saturated heterocycles.